The molecule has 0 radical (unpaired) electrons. The molecule has 0 saturated carbocycles. The third kappa shape index (κ3) is 3.02. The van der Waals surface area contributed by atoms with Crippen molar-refractivity contribution in [3.05, 3.63) is 146 Å². The zero-order valence-electron chi connectivity index (χ0n) is 23.2. The summed E-state index contributed by atoms with van der Waals surface area (Å²) in [5, 5.41) is 10.4. The lowest BCUT2D eigenvalue weighted by Crippen LogP contribution is -1.95. The summed E-state index contributed by atoms with van der Waals surface area (Å²) in [6, 6.07) is 53.1. The van der Waals surface area contributed by atoms with Crippen LogP contribution in [-0.2, 0) is 0 Å². The highest BCUT2D eigenvalue weighted by molar-refractivity contribution is 7.27. The van der Waals surface area contributed by atoms with Crippen LogP contribution in [0.2, 0.25) is 0 Å². The molecule has 0 unspecified atom stereocenters. The van der Waals surface area contributed by atoms with Crippen LogP contribution < -0.4 is 0 Å². The van der Waals surface area contributed by atoms with E-state index in [1.165, 1.54) is 85.9 Å². The number of hydrogen-bond acceptors (Lipinski definition) is 1. The molecule has 0 aliphatic rings. The van der Waals surface area contributed by atoms with Gasteiger partial charge in [-0.3, -0.25) is 0 Å². The highest BCUT2D eigenvalue weighted by Gasteiger charge is 2.24. The molecule has 0 fully saturated rings. The number of nitrogens with zero attached hydrogens (tertiary/aromatic N) is 2. The Labute approximate surface area is 251 Å². The van der Waals surface area contributed by atoms with Gasteiger partial charge in [-0.2, -0.15) is 0 Å². The van der Waals surface area contributed by atoms with Crippen LogP contribution in [0.15, 0.2) is 146 Å². The molecule has 3 heteroatoms. The number of benzene rings is 7. The Bertz CT molecular complexity index is 2710. The lowest BCUT2D eigenvalue weighted by molar-refractivity contribution is 1.19. The molecule has 0 amide bonds. The Morgan fingerprint density at radius 3 is 1.53 bits per heavy atom. The molecule has 2 nitrogen and oxygen atoms in total. The number of para-hydroxylation sites is 3. The molecule has 10 aromatic rings. The smallest absolute Gasteiger partial charge is 0.0728 e. The Morgan fingerprint density at radius 1 is 0.326 bits per heavy atom. The summed E-state index contributed by atoms with van der Waals surface area (Å²) in [4.78, 5) is 0. The van der Waals surface area contributed by atoms with Gasteiger partial charge in [-0.1, -0.05) is 115 Å². The standard InChI is InChI=1S/C40H24N2S/c1-3-13-25(14-4-1)41-34-22-12-11-21-31(34)39-38(41)33-24-23-32-35-29-19-9-7-17-27(29)28-18-8-10-20-30(28)36(35)42(37(32)40(33)43-39)26-15-5-2-6-16-26/h1-24H. The van der Waals surface area contributed by atoms with Crippen molar-refractivity contribution in [2.24, 2.45) is 0 Å². The molecule has 0 atom stereocenters. The largest absolute Gasteiger partial charge is 0.308 e. The molecule has 43 heavy (non-hydrogen) atoms. The zero-order chi connectivity index (χ0) is 28.1. The van der Waals surface area contributed by atoms with Gasteiger partial charge in [-0.25, -0.2) is 0 Å². The Hall–Kier alpha value is -5.38. The molecule has 7 aromatic carbocycles. The zero-order valence-corrected chi connectivity index (χ0v) is 24.0. The number of hydrogen-bond donors (Lipinski definition) is 0. The van der Waals surface area contributed by atoms with Gasteiger partial charge in [0.05, 0.1) is 31.5 Å². The first-order chi connectivity index (χ1) is 21.4. The van der Waals surface area contributed by atoms with E-state index >= 15 is 0 Å². The van der Waals surface area contributed by atoms with Crippen LogP contribution in [-0.4, -0.2) is 9.13 Å². The average Bonchev–Trinajstić information content (AvgIpc) is 3.73. The van der Waals surface area contributed by atoms with Crippen LogP contribution in [0.4, 0.5) is 0 Å². The van der Waals surface area contributed by atoms with Gasteiger partial charge in [0.1, 0.15) is 0 Å². The first-order valence-electron chi connectivity index (χ1n) is 14.7. The van der Waals surface area contributed by atoms with Gasteiger partial charge in [0.25, 0.3) is 0 Å². The van der Waals surface area contributed by atoms with Gasteiger partial charge in [-0.05, 0) is 46.5 Å². The first-order valence-corrected chi connectivity index (χ1v) is 15.5. The van der Waals surface area contributed by atoms with E-state index in [0.29, 0.717) is 0 Å². The van der Waals surface area contributed by atoms with Gasteiger partial charge >= 0.3 is 0 Å². The molecule has 3 aromatic heterocycles. The fourth-order valence-corrected chi connectivity index (χ4v) is 8.72. The second-order valence-electron chi connectivity index (χ2n) is 11.3. The monoisotopic (exact) mass is 564 g/mol. The molecule has 0 saturated heterocycles. The van der Waals surface area contributed by atoms with Crippen molar-refractivity contribution in [3.63, 3.8) is 0 Å². The van der Waals surface area contributed by atoms with E-state index in [4.69, 9.17) is 0 Å². The van der Waals surface area contributed by atoms with E-state index in [1.807, 2.05) is 11.3 Å². The van der Waals surface area contributed by atoms with Gasteiger partial charge in [0.15, 0.2) is 0 Å². The minimum atomic E-state index is 1.18. The van der Waals surface area contributed by atoms with Crippen molar-refractivity contribution in [2.45, 2.75) is 0 Å². The van der Waals surface area contributed by atoms with Gasteiger partial charge in [0, 0.05) is 38.3 Å². The van der Waals surface area contributed by atoms with Crippen LogP contribution in [0.5, 0.6) is 0 Å². The summed E-state index contributed by atoms with van der Waals surface area (Å²) >= 11 is 1.93. The summed E-state index contributed by atoms with van der Waals surface area (Å²) in [6.07, 6.45) is 0. The Balaban J connectivity index is 1.50. The van der Waals surface area contributed by atoms with E-state index in [1.54, 1.807) is 0 Å². The van der Waals surface area contributed by atoms with Crippen molar-refractivity contribution in [2.75, 3.05) is 0 Å². The van der Waals surface area contributed by atoms with E-state index in [2.05, 4.69) is 155 Å². The molecule has 0 aliphatic heterocycles. The normalized spacial score (nSPS) is 12.2. The Kier molecular flexibility index (Phi) is 4.63. The van der Waals surface area contributed by atoms with Crippen molar-refractivity contribution < 1.29 is 0 Å². The van der Waals surface area contributed by atoms with Crippen LogP contribution in [0, 0.1) is 0 Å². The second-order valence-corrected chi connectivity index (χ2v) is 12.3. The van der Waals surface area contributed by atoms with E-state index in [9.17, 15) is 0 Å². The summed E-state index contributed by atoms with van der Waals surface area (Å²) in [7, 11) is 0. The van der Waals surface area contributed by atoms with Gasteiger partial charge < -0.3 is 9.13 Å². The number of thiophene rings is 1. The van der Waals surface area contributed by atoms with Crippen LogP contribution in [0.25, 0.3) is 85.9 Å². The second kappa shape index (κ2) is 8.57. The topological polar surface area (TPSA) is 9.86 Å². The minimum Gasteiger partial charge on any atom is -0.308 e. The minimum absolute atomic E-state index is 1.18. The van der Waals surface area contributed by atoms with E-state index in [0.717, 1.165) is 0 Å². The molecule has 0 aliphatic carbocycles. The lowest BCUT2D eigenvalue weighted by atomic mass is 9.96. The third-order valence-corrected chi connectivity index (χ3v) is 10.3. The molecular weight excluding hydrogens is 541 g/mol. The third-order valence-electron chi connectivity index (χ3n) is 9.07. The molecule has 0 N–H and O–H groups in total. The highest BCUT2D eigenvalue weighted by atomic mass is 32.1. The predicted octanol–water partition coefficient (Wildman–Crippen LogP) is 11.4. The van der Waals surface area contributed by atoms with Crippen molar-refractivity contribution in [1.82, 2.24) is 9.13 Å². The Morgan fingerprint density at radius 2 is 0.814 bits per heavy atom. The maximum absolute atomic E-state index is 2.53. The fourth-order valence-electron chi connectivity index (χ4n) is 7.36. The summed E-state index contributed by atoms with van der Waals surface area (Å²) in [5.74, 6) is 0. The van der Waals surface area contributed by atoms with Crippen LogP contribution in [0.3, 0.4) is 0 Å². The van der Waals surface area contributed by atoms with Crippen LogP contribution >= 0.6 is 11.3 Å². The van der Waals surface area contributed by atoms with E-state index < -0.39 is 0 Å². The first kappa shape index (κ1) is 23.2. The predicted molar refractivity (Wildman–Crippen MR) is 186 cm³/mol. The SMILES string of the molecule is c1ccc(-n2c3ccccc3c3sc4c(ccc5c6c7ccccc7c7ccccc7c6n(-c6ccccc6)c54)c32)cc1. The van der Waals surface area contributed by atoms with Crippen molar-refractivity contribution in [1.29, 1.82) is 0 Å². The summed E-state index contributed by atoms with van der Waals surface area (Å²) in [6.45, 7) is 0. The van der Waals surface area contributed by atoms with Gasteiger partial charge in [-0.15, -0.1) is 11.3 Å². The molecular formula is C40H24N2S. The van der Waals surface area contributed by atoms with Crippen LogP contribution in [0.1, 0.15) is 0 Å². The molecule has 10 rings (SSSR count). The molecule has 0 bridgehead atoms. The quantitative estimate of drug-likeness (QED) is 0.185. The average molecular weight is 565 g/mol. The van der Waals surface area contributed by atoms with E-state index in [-0.39, 0.29) is 0 Å². The summed E-state index contributed by atoms with van der Waals surface area (Å²) in [5.41, 5.74) is 7.46. The van der Waals surface area contributed by atoms with Crippen molar-refractivity contribution in [3.8, 4) is 11.4 Å². The molecule has 200 valence electrons. The fraction of sp³-hybridized carbons (Fsp3) is 0. The number of fused-ring (bicyclic) bond motifs is 14. The highest BCUT2D eigenvalue weighted by Crippen LogP contribution is 2.49. The maximum atomic E-state index is 2.53. The van der Waals surface area contributed by atoms with Gasteiger partial charge in [0.2, 0.25) is 0 Å². The molecule has 3 heterocycles. The van der Waals surface area contributed by atoms with Crippen molar-refractivity contribution >= 4 is 85.9 Å². The lowest BCUT2D eigenvalue weighted by Gasteiger charge is -2.12. The molecule has 0 spiro atoms. The maximum Gasteiger partial charge on any atom is 0.0728 e. The summed E-state index contributed by atoms with van der Waals surface area (Å²) < 4.78 is 7.65. The number of aromatic nitrogens is 2. The number of rotatable bonds is 2.